The van der Waals surface area contributed by atoms with Crippen LogP contribution in [0.4, 0.5) is 5.69 Å². The van der Waals surface area contributed by atoms with Gasteiger partial charge < -0.3 is 4.74 Å². The third-order valence-electron chi connectivity index (χ3n) is 4.10. The summed E-state index contributed by atoms with van der Waals surface area (Å²) in [7, 11) is 0. The second-order valence-corrected chi connectivity index (χ2v) is 7.37. The van der Waals surface area contributed by atoms with E-state index in [1.165, 1.54) is 24.4 Å². The SMILES string of the molecule is Cc1cccc(C(=O)Oc2ccc(/C=N\NC(=O)c3cccc(Br)c3)cc2[N+](=O)[O-])c1. The molecule has 0 aliphatic carbocycles. The standard InChI is InChI=1S/C22H16BrN3O5/c1-14-4-2-6-17(10-14)22(28)31-20-9-8-15(11-19(20)26(29)30)13-24-25-21(27)16-5-3-7-18(23)12-16/h2-13H,1H3,(H,25,27)/b24-13-. The molecule has 0 atom stereocenters. The fourth-order valence-electron chi connectivity index (χ4n) is 2.63. The molecule has 3 rings (SSSR count). The number of nitro benzene ring substituents is 1. The zero-order valence-corrected chi connectivity index (χ0v) is 17.8. The molecule has 0 unspecified atom stereocenters. The summed E-state index contributed by atoms with van der Waals surface area (Å²) in [6.45, 7) is 1.82. The first-order chi connectivity index (χ1) is 14.8. The van der Waals surface area contributed by atoms with Crippen LogP contribution in [0.2, 0.25) is 0 Å². The number of carbonyl (C=O) groups excluding carboxylic acids is 2. The van der Waals surface area contributed by atoms with Gasteiger partial charge in [-0.25, -0.2) is 10.2 Å². The average Bonchev–Trinajstić information content (AvgIpc) is 2.74. The summed E-state index contributed by atoms with van der Waals surface area (Å²) in [6.07, 6.45) is 1.26. The van der Waals surface area contributed by atoms with Gasteiger partial charge in [0, 0.05) is 21.7 Å². The Morgan fingerprint density at radius 1 is 1.06 bits per heavy atom. The van der Waals surface area contributed by atoms with Gasteiger partial charge in [-0.3, -0.25) is 14.9 Å². The average molecular weight is 482 g/mol. The highest BCUT2D eigenvalue weighted by atomic mass is 79.9. The summed E-state index contributed by atoms with van der Waals surface area (Å²) in [5.41, 5.74) is 3.84. The van der Waals surface area contributed by atoms with Crippen LogP contribution in [0.15, 0.2) is 76.3 Å². The number of rotatable bonds is 6. The van der Waals surface area contributed by atoms with Crippen molar-refractivity contribution in [3.8, 4) is 5.75 Å². The number of carbonyl (C=O) groups is 2. The maximum atomic E-state index is 12.3. The minimum Gasteiger partial charge on any atom is -0.416 e. The molecule has 31 heavy (non-hydrogen) atoms. The topological polar surface area (TPSA) is 111 Å². The van der Waals surface area contributed by atoms with Gasteiger partial charge in [-0.15, -0.1) is 0 Å². The molecule has 0 fully saturated rings. The van der Waals surface area contributed by atoms with Crippen LogP contribution in [0, 0.1) is 17.0 Å². The monoisotopic (exact) mass is 481 g/mol. The number of amides is 1. The minimum absolute atomic E-state index is 0.188. The number of halogens is 1. The molecule has 156 valence electrons. The largest absolute Gasteiger partial charge is 0.416 e. The number of hydrogen-bond acceptors (Lipinski definition) is 6. The molecule has 0 radical (unpaired) electrons. The first-order valence-corrected chi connectivity index (χ1v) is 9.79. The maximum absolute atomic E-state index is 12.3. The summed E-state index contributed by atoms with van der Waals surface area (Å²) in [4.78, 5) is 35.2. The van der Waals surface area contributed by atoms with Crippen LogP contribution in [-0.4, -0.2) is 23.0 Å². The van der Waals surface area contributed by atoms with Gasteiger partial charge in [-0.2, -0.15) is 5.10 Å². The Morgan fingerprint density at radius 3 is 2.52 bits per heavy atom. The van der Waals surface area contributed by atoms with E-state index in [0.717, 1.165) is 10.0 Å². The Bertz CT molecular complexity index is 1190. The molecule has 1 amide bonds. The fourth-order valence-corrected chi connectivity index (χ4v) is 3.03. The van der Waals surface area contributed by atoms with E-state index in [-0.39, 0.29) is 11.3 Å². The van der Waals surface area contributed by atoms with Crippen molar-refractivity contribution in [2.24, 2.45) is 5.10 Å². The summed E-state index contributed by atoms with van der Waals surface area (Å²) >= 11 is 3.28. The molecule has 0 aromatic heterocycles. The van der Waals surface area contributed by atoms with E-state index in [9.17, 15) is 19.7 Å². The number of hydrazone groups is 1. The molecule has 3 aromatic rings. The van der Waals surface area contributed by atoms with Crippen molar-refractivity contribution >= 4 is 39.7 Å². The number of nitrogens with zero attached hydrogens (tertiary/aromatic N) is 2. The van der Waals surface area contributed by atoms with Crippen molar-refractivity contribution in [3.05, 3.63) is 104 Å². The smallest absolute Gasteiger partial charge is 0.343 e. The first-order valence-electron chi connectivity index (χ1n) is 9.00. The molecule has 0 aliphatic heterocycles. The second kappa shape index (κ2) is 9.77. The molecule has 0 aliphatic rings. The van der Waals surface area contributed by atoms with Gasteiger partial charge >= 0.3 is 11.7 Å². The van der Waals surface area contributed by atoms with Gasteiger partial charge in [-0.1, -0.05) is 39.7 Å². The Morgan fingerprint density at radius 2 is 1.81 bits per heavy atom. The van der Waals surface area contributed by atoms with Gasteiger partial charge in [0.05, 0.1) is 16.7 Å². The number of nitrogens with one attached hydrogen (secondary N) is 1. The van der Waals surface area contributed by atoms with E-state index in [2.05, 4.69) is 26.5 Å². The van der Waals surface area contributed by atoms with Crippen LogP contribution in [0.3, 0.4) is 0 Å². The summed E-state index contributed by atoms with van der Waals surface area (Å²) in [5, 5.41) is 15.3. The van der Waals surface area contributed by atoms with Crippen molar-refractivity contribution in [1.29, 1.82) is 0 Å². The molecular formula is C22H16BrN3O5. The van der Waals surface area contributed by atoms with Crippen molar-refractivity contribution in [1.82, 2.24) is 5.43 Å². The fraction of sp³-hybridized carbons (Fsp3) is 0.0455. The molecule has 1 N–H and O–H groups in total. The Kier molecular flexibility index (Phi) is 6.88. The lowest BCUT2D eigenvalue weighted by atomic mass is 10.1. The zero-order valence-electron chi connectivity index (χ0n) is 16.2. The van der Waals surface area contributed by atoms with Crippen LogP contribution in [0.25, 0.3) is 0 Å². The lowest BCUT2D eigenvalue weighted by molar-refractivity contribution is -0.385. The molecule has 0 spiro atoms. The third kappa shape index (κ3) is 5.83. The van der Waals surface area contributed by atoms with Crippen molar-refractivity contribution in [2.75, 3.05) is 0 Å². The van der Waals surface area contributed by atoms with Gasteiger partial charge in [0.1, 0.15) is 0 Å². The van der Waals surface area contributed by atoms with E-state index in [1.54, 1.807) is 42.5 Å². The second-order valence-electron chi connectivity index (χ2n) is 6.45. The summed E-state index contributed by atoms with van der Waals surface area (Å²) in [6, 6.07) is 17.5. The van der Waals surface area contributed by atoms with Gasteiger partial charge in [-0.05, 0) is 49.4 Å². The molecule has 9 heteroatoms. The van der Waals surface area contributed by atoms with Crippen LogP contribution >= 0.6 is 15.9 Å². The highest BCUT2D eigenvalue weighted by molar-refractivity contribution is 9.10. The van der Waals surface area contributed by atoms with Gasteiger partial charge in [0.15, 0.2) is 0 Å². The molecule has 0 heterocycles. The van der Waals surface area contributed by atoms with Crippen LogP contribution < -0.4 is 10.2 Å². The predicted octanol–water partition coefficient (Wildman–Crippen LogP) is 4.65. The zero-order chi connectivity index (χ0) is 22.4. The molecule has 0 saturated carbocycles. The molecule has 3 aromatic carbocycles. The number of ether oxygens (including phenoxy) is 1. The normalized spacial score (nSPS) is 10.6. The number of aryl methyl sites for hydroxylation is 1. The third-order valence-corrected chi connectivity index (χ3v) is 4.60. The van der Waals surface area contributed by atoms with Crippen LogP contribution in [-0.2, 0) is 0 Å². The summed E-state index contributed by atoms with van der Waals surface area (Å²) in [5.74, 6) is -1.32. The summed E-state index contributed by atoms with van der Waals surface area (Å²) < 4.78 is 5.96. The van der Waals surface area contributed by atoms with Crippen molar-refractivity contribution in [3.63, 3.8) is 0 Å². The molecule has 0 bridgehead atoms. The van der Waals surface area contributed by atoms with Crippen LogP contribution in [0.5, 0.6) is 5.75 Å². The van der Waals surface area contributed by atoms with E-state index in [1.807, 2.05) is 13.0 Å². The number of hydrogen-bond donors (Lipinski definition) is 1. The lowest BCUT2D eigenvalue weighted by Crippen LogP contribution is -2.17. The molecular weight excluding hydrogens is 466 g/mol. The van der Waals surface area contributed by atoms with E-state index in [0.29, 0.717) is 11.1 Å². The Hall–Kier alpha value is -3.85. The predicted molar refractivity (Wildman–Crippen MR) is 118 cm³/mol. The highest BCUT2D eigenvalue weighted by Crippen LogP contribution is 2.28. The Labute approximate surface area is 185 Å². The molecule has 8 nitrogen and oxygen atoms in total. The minimum atomic E-state index is -0.700. The first kappa shape index (κ1) is 21.8. The molecule has 0 saturated heterocycles. The maximum Gasteiger partial charge on any atom is 0.343 e. The van der Waals surface area contributed by atoms with E-state index in [4.69, 9.17) is 4.74 Å². The van der Waals surface area contributed by atoms with E-state index < -0.39 is 22.5 Å². The quantitative estimate of drug-likeness (QED) is 0.181. The van der Waals surface area contributed by atoms with Crippen molar-refractivity contribution < 1.29 is 19.2 Å². The van der Waals surface area contributed by atoms with Crippen LogP contribution in [0.1, 0.15) is 31.8 Å². The number of benzene rings is 3. The van der Waals surface area contributed by atoms with Gasteiger partial charge in [0.25, 0.3) is 5.91 Å². The van der Waals surface area contributed by atoms with Gasteiger partial charge in [0.2, 0.25) is 5.75 Å². The lowest BCUT2D eigenvalue weighted by Gasteiger charge is -2.06. The van der Waals surface area contributed by atoms with E-state index >= 15 is 0 Å². The number of esters is 1. The Balaban J connectivity index is 1.74. The van der Waals surface area contributed by atoms with Crippen molar-refractivity contribution in [2.45, 2.75) is 6.92 Å². The highest BCUT2D eigenvalue weighted by Gasteiger charge is 2.19. The number of nitro groups is 1.